The molecular formula is C21H18F2N6O. The Morgan fingerprint density at radius 3 is 2.53 bits per heavy atom. The number of benzene rings is 1. The lowest BCUT2D eigenvalue weighted by Gasteiger charge is -2.37. The number of fused-ring (bicyclic) bond motifs is 1. The van der Waals surface area contributed by atoms with E-state index < -0.39 is 17.2 Å². The number of halogens is 2. The maximum absolute atomic E-state index is 13.7. The zero-order chi connectivity index (χ0) is 20.9. The molecule has 1 spiro atoms. The zero-order valence-electron chi connectivity index (χ0n) is 16.1. The third-order valence-electron chi connectivity index (χ3n) is 6.14. The molecule has 1 aromatic heterocycles. The van der Waals surface area contributed by atoms with Crippen LogP contribution in [0.5, 0.6) is 0 Å². The Morgan fingerprint density at radius 2 is 1.83 bits per heavy atom. The van der Waals surface area contributed by atoms with Crippen LogP contribution in [0.4, 0.5) is 14.6 Å². The Labute approximate surface area is 171 Å². The number of nitriles is 1. The van der Waals surface area contributed by atoms with Crippen LogP contribution < -0.4 is 4.90 Å². The van der Waals surface area contributed by atoms with Crippen LogP contribution in [0.25, 0.3) is 0 Å². The van der Waals surface area contributed by atoms with Crippen LogP contribution in [0.1, 0.15) is 43.0 Å². The minimum absolute atomic E-state index is 0.0929. The quantitative estimate of drug-likeness (QED) is 0.763. The topological polar surface area (TPSA) is 85.5 Å². The number of rotatable bonds is 2. The summed E-state index contributed by atoms with van der Waals surface area (Å²) in [6.45, 7) is 1.13. The normalized spacial score (nSPS) is 22.2. The molecule has 1 unspecified atom stereocenters. The predicted molar refractivity (Wildman–Crippen MR) is 104 cm³/mol. The Kier molecular flexibility index (Phi) is 4.24. The number of carbonyl (C=O) groups excluding carboxylic acids is 1. The molecule has 0 saturated carbocycles. The lowest BCUT2D eigenvalue weighted by atomic mass is 9.87. The molecule has 9 heteroatoms. The van der Waals surface area contributed by atoms with E-state index >= 15 is 0 Å². The van der Waals surface area contributed by atoms with Gasteiger partial charge in [-0.2, -0.15) is 5.26 Å². The lowest BCUT2D eigenvalue weighted by molar-refractivity contribution is -0.133. The van der Waals surface area contributed by atoms with Crippen LogP contribution in [0.2, 0.25) is 0 Å². The highest BCUT2D eigenvalue weighted by Crippen LogP contribution is 2.44. The molecule has 2 aromatic rings. The number of amides is 1. The predicted octanol–water partition coefficient (Wildman–Crippen LogP) is 2.74. The number of carbonyl (C=O) groups is 1. The van der Waals surface area contributed by atoms with Gasteiger partial charge in [-0.15, -0.1) is 0 Å². The molecule has 0 radical (unpaired) electrons. The number of aliphatic imine (C=N–C) groups is 1. The van der Waals surface area contributed by atoms with Gasteiger partial charge in [-0.1, -0.05) is 0 Å². The number of piperidine rings is 1. The Balaban J connectivity index is 1.36. The fourth-order valence-corrected chi connectivity index (χ4v) is 4.68. The van der Waals surface area contributed by atoms with Crippen molar-refractivity contribution in [2.24, 2.45) is 4.99 Å². The van der Waals surface area contributed by atoms with Crippen molar-refractivity contribution in [1.82, 2.24) is 14.9 Å². The molecule has 1 atom stereocenters. The number of hydrogen-bond acceptors (Lipinski definition) is 6. The first-order valence-corrected chi connectivity index (χ1v) is 9.84. The third-order valence-corrected chi connectivity index (χ3v) is 6.14. The largest absolute Gasteiger partial charge is 0.356 e. The average Bonchev–Trinajstić information content (AvgIpc) is 3.26. The first-order valence-electron chi connectivity index (χ1n) is 9.84. The fraction of sp³-hybridized carbons (Fsp3) is 0.381. The minimum Gasteiger partial charge on any atom is -0.356 e. The summed E-state index contributed by atoms with van der Waals surface area (Å²) in [6, 6.07) is 6.66. The highest BCUT2D eigenvalue weighted by molar-refractivity contribution is 6.10. The van der Waals surface area contributed by atoms with Gasteiger partial charge in [-0.05, 0) is 37.0 Å². The summed E-state index contributed by atoms with van der Waals surface area (Å²) < 4.78 is 27.4. The number of nitrogens with zero attached hydrogens (tertiary/aromatic N) is 6. The van der Waals surface area contributed by atoms with Crippen LogP contribution in [0.15, 0.2) is 35.6 Å². The first kappa shape index (κ1) is 18.6. The monoisotopic (exact) mass is 408 g/mol. The molecule has 4 heterocycles. The molecule has 0 bridgehead atoms. The Hall–Kier alpha value is -3.41. The van der Waals surface area contributed by atoms with Crippen molar-refractivity contribution in [3.8, 4) is 6.07 Å². The van der Waals surface area contributed by atoms with Crippen molar-refractivity contribution >= 4 is 17.6 Å². The van der Waals surface area contributed by atoms with Gasteiger partial charge in [-0.3, -0.25) is 14.7 Å². The highest BCUT2D eigenvalue weighted by Gasteiger charge is 2.53. The summed E-state index contributed by atoms with van der Waals surface area (Å²) in [4.78, 5) is 30.0. The van der Waals surface area contributed by atoms with Gasteiger partial charge < -0.3 is 4.90 Å². The van der Waals surface area contributed by atoms with Crippen LogP contribution >= 0.6 is 0 Å². The molecule has 1 amide bonds. The van der Waals surface area contributed by atoms with Gasteiger partial charge in [0.2, 0.25) is 0 Å². The Morgan fingerprint density at radius 1 is 1.10 bits per heavy atom. The van der Waals surface area contributed by atoms with E-state index in [1.165, 1.54) is 18.5 Å². The smallest absolute Gasteiger partial charge is 0.256 e. The second kappa shape index (κ2) is 6.83. The van der Waals surface area contributed by atoms with Crippen molar-refractivity contribution in [2.75, 3.05) is 18.0 Å². The lowest BCUT2D eigenvalue weighted by Crippen LogP contribution is -2.50. The van der Waals surface area contributed by atoms with Gasteiger partial charge in [0.15, 0.2) is 0 Å². The van der Waals surface area contributed by atoms with Crippen LogP contribution in [0, 0.1) is 23.0 Å². The van der Waals surface area contributed by atoms with E-state index in [9.17, 15) is 13.6 Å². The average molecular weight is 408 g/mol. The molecule has 2 fully saturated rings. The third kappa shape index (κ3) is 2.91. The summed E-state index contributed by atoms with van der Waals surface area (Å²) in [6.07, 6.45) is 3.60. The SMILES string of the molecule is N#Cc1cc(N2CCC3(CC2)N=C2CCC(c4cc(F)cc(F)c4)N2C3=O)ncn1. The number of amidine groups is 1. The second-order valence-electron chi connectivity index (χ2n) is 7.85. The molecule has 152 valence electrons. The molecule has 1 aromatic carbocycles. The van der Waals surface area contributed by atoms with Gasteiger partial charge in [0.05, 0.1) is 6.04 Å². The van der Waals surface area contributed by atoms with E-state index in [4.69, 9.17) is 10.3 Å². The molecule has 2 saturated heterocycles. The molecule has 5 rings (SSSR count). The summed E-state index contributed by atoms with van der Waals surface area (Å²) in [7, 11) is 0. The molecule has 3 aliphatic rings. The number of anilines is 1. The molecule has 0 aliphatic carbocycles. The first-order chi connectivity index (χ1) is 14.5. The molecule has 30 heavy (non-hydrogen) atoms. The van der Waals surface area contributed by atoms with Gasteiger partial charge in [0.25, 0.3) is 5.91 Å². The maximum atomic E-state index is 13.7. The summed E-state index contributed by atoms with van der Waals surface area (Å²) in [5.41, 5.74) is -0.0737. The summed E-state index contributed by atoms with van der Waals surface area (Å²) in [5.74, 6) is -0.0250. The van der Waals surface area contributed by atoms with Crippen molar-refractivity contribution in [3.63, 3.8) is 0 Å². The van der Waals surface area contributed by atoms with E-state index in [0.29, 0.717) is 61.7 Å². The standard InChI is InChI=1S/C21H18F2N6O/c22-14-7-13(8-15(23)9-14)17-1-2-18-27-21(20(30)29(17)18)3-5-28(6-4-21)19-10-16(11-24)25-12-26-19/h7-10,12,17H,1-6H2. The van der Waals surface area contributed by atoms with Crippen LogP contribution in [-0.2, 0) is 4.79 Å². The summed E-state index contributed by atoms with van der Waals surface area (Å²) in [5, 5.41) is 9.03. The van der Waals surface area contributed by atoms with Crippen LogP contribution in [0.3, 0.4) is 0 Å². The van der Waals surface area contributed by atoms with Gasteiger partial charge in [0.1, 0.15) is 46.9 Å². The fourth-order valence-electron chi connectivity index (χ4n) is 4.68. The highest BCUT2D eigenvalue weighted by atomic mass is 19.1. The Bertz CT molecular complexity index is 1080. The van der Waals surface area contributed by atoms with Crippen molar-refractivity contribution in [2.45, 2.75) is 37.3 Å². The zero-order valence-corrected chi connectivity index (χ0v) is 16.1. The number of aromatic nitrogens is 2. The van der Waals surface area contributed by atoms with Gasteiger partial charge in [-0.25, -0.2) is 18.7 Å². The molecule has 7 nitrogen and oxygen atoms in total. The number of hydrogen-bond donors (Lipinski definition) is 0. The van der Waals surface area contributed by atoms with E-state index in [1.807, 2.05) is 11.0 Å². The van der Waals surface area contributed by atoms with E-state index in [2.05, 4.69) is 9.97 Å². The van der Waals surface area contributed by atoms with E-state index in [0.717, 1.165) is 6.07 Å². The van der Waals surface area contributed by atoms with Crippen molar-refractivity contribution < 1.29 is 13.6 Å². The van der Waals surface area contributed by atoms with Crippen molar-refractivity contribution in [3.05, 3.63) is 53.5 Å². The molecule has 3 aliphatic heterocycles. The summed E-state index contributed by atoms with van der Waals surface area (Å²) >= 11 is 0. The van der Waals surface area contributed by atoms with E-state index in [1.54, 1.807) is 11.0 Å². The second-order valence-corrected chi connectivity index (χ2v) is 7.85. The molecular weight excluding hydrogens is 390 g/mol. The van der Waals surface area contributed by atoms with Gasteiger partial charge in [0, 0.05) is 31.6 Å². The van der Waals surface area contributed by atoms with Crippen LogP contribution in [-0.4, -0.2) is 45.2 Å². The maximum Gasteiger partial charge on any atom is 0.256 e. The minimum atomic E-state index is -0.832. The molecule has 0 N–H and O–H groups in total. The van der Waals surface area contributed by atoms with Crippen molar-refractivity contribution in [1.29, 1.82) is 5.26 Å². The van der Waals surface area contributed by atoms with E-state index in [-0.39, 0.29) is 11.9 Å². The van der Waals surface area contributed by atoms with Gasteiger partial charge >= 0.3 is 0 Å².